The van der Waals surface area contributed by atoms with Gasteiger partial charge in [0.15, 0.2) is 0 Å². The number of hydrogen-bond acceptors (Lipinski definition) is 5. The number of rotatable bonds is 10. The monoisotopic (exact) mass is 654 g/mol. The molecular formula is C40H54N4O4. The van der Waals surface area contributed by atoms with Crippen LogP contribution in [0, 0.1) is 24.7 Å². The second kappa shape index (κ2) is 15.7. The number of amides is 2. The molecule has 2 amide bonds. The third-order valence-corrected chi connectivity index (χ3v) is 11.1. The SMILES string of the molecule is COc1ccc([C@H]2CC[C@H](CN(c3cccc(-c4cnn(C(C)C)c4)c3)C(=O)[C@H]3CC[C@H](NC(=O)C4CCOCC4)CC3)CC2)cc1C. The van der Waals surface area contributed by atoms with Crippen LogP contribution in [-0.4, -0.2) is 54.5 Å². The Hall–Kier alpha value is -3.65. The molecule has 1 N–H and O–H groups in total. The van der Waals surface area contributed by atoms with Gasteiger partial charge in [0.2, 0.25) is 11.8 Å². The van der Waals surface area contributed by atoms with E-state index in [4.69, 9.17) is 9.47 Å². The van der Waals surface area contributed by atoms with E-state index in [0.717, 1.165) is 93.3 Å². The van der Waals surface area contributed by atoms with E-state index in [1.165, 1.54) is 11.1 Å². The minimum Gasteiger partial charge on any atom is -0.496 e. The molecule has 2 aliphatic carbocycles. The lowest BCUT2D eigenvalue weighted by Crippen LogP contribution is -2.45. The number of nitrogens with zero attached hydrogens (tertiary/aromatic N) is 3. The van der Waals surface area contributed by atoms with Gasteiger partial charge >= 0.3 is 0 Å². The Bertz CT molecular complexity index is 1530. The lowest BCUT2D eigenvalue weighted by molar-refractivity contribution is -0.129. The predicted octanol–water partition coefficient (Wildman–Crippen LogP) is 7.86. The molecule has 6 rings (SSSR count). The summed E-state index contributed by atoms with van der Waals surface area (Å²) in [6.07, 6.45) is 13.4. The molecule has 1 aromatic heterocycles. The summed E-state index contributed by atoms with van der Waals surface area (Å²) in [5.74, 6) is 2.34. The van der Waals surface area contributed by atoms with Crippen molar-refractivity contribution in [2.45, 2.75) is 103 Å². The van der Waals surface area contributed by atoms with Crippen molar-refractivity contribution in [1.82, 2.24) is 15.1 Å². The van der Waals surface area contributed by atoms with Crippen LogP contribution < -0.4 is 15.0 Å². The van der Waals surface area contributed by atoms with E-state index in [1.54, 1.807) is 7.11 Å². The van der Waals surface area contributed by atoms with Gasteiger partial charge in [0.05, 0.1) is 13.3 Å². The summed E-state index contributed by atoms with van der Waals surface area (Å²) in [6, 6.07) is 15.5. The smallest absolute Gasteiger partial charge is 0.230 e. The predicted molar refractivity (Wildman–Crippen MR) is 190 cm³/mol. The highest BCUT2D eigenvalue weighted by Crippen LogP contribution is 2.39. The summed E-state index contributed by atoms with van der Waals surface area (Å²) >= 11 is 0. The standard InChI is InChI=1S/C40H54N4O4/c1-27(2)44-26-35(24-41-44)33-6-5-7-37(23-33)43(25-29-8-10-30(11-9-29)34-14-17-38(47-4)28(3)22-34)40(46)32-12-15-36(16-13-32)42-39(45)31-18-20-48-21-19-31/h5-7,14,17,22-24,26-27,29-32,36H,8-13,15-16,18-21,25H2,1-4H3,(H,42,45)/t29-,30-,32-,36-. The van der Waals surface area contributed by atoms with E-state index in [1.807, 2.05) is 10.9 Å². The van der Waals surface area contributed by atoms with E-state index in [-0.39, 0.29) is 35.7 Å². The van der Waals surface area contributed by atoms with Crippen molar-refractivity contribution in [1.29, 1.82) is 0 Å². The molecule has 1 saturated heterocycles. The number of aromatic nitrogens is 2. The van der Waals surface area contributed by atoms with Crippen LogP contribution in [0.3, 0.4) is 0 Å². The van der Waals surface area contributed by atoms with Crippen LogP contribution in [0.2, 0.25) is 0 Å². The van der Waals surface area contributed by atoms with Crippen molar-refractivity contribution in [2.75, 3.05) is 31.8 Å². The Morgan fingerprint density at radius 3 is 2.35 bits per heavy atom. The number of benzene rings is 2. The Morgan fingerprint density at radius 1 is 0.938 bits per heavy atom. The molecule has 2 aromatic carbocycles. The molecule has 0 bridgehead atoms. The van der Waals surface area contributed by atoms with Crippen molar-refractivity contribution in [3.8, 4) is 16.9 Å². The first kappa shape index (κ1) is 34.2. The maximum atomic E-state index is 14.5. The lowest BCUT2D eigenvalue weighted by Gasteiger charge is -2.36. The fraction of sp³-hybridized carbons (Fsp3) is 0.575. The van der Waals surface area contributed by atoms with E-state index in [0.29, 0.717) is 25.0 Å². The third kappa shape index (κ3) is 8.13. The minimum absolute atomic E-state index is 0.0350. The van der Waals surface area contributed by atoms with Crippen LogP contribution in [0.5, 0.6) is 5.75 Å². The van der Waals surface area contributed by atoms with E-state index in [2.05, 4.69) is 84.7 Å². The van der Waals surface area contributed by atoms with Crippen LogP contribution in [0.1, 0.15) is 101 Å². The van der Waals surface area contributed by atoms with E-state index >= 15 is 0 Å². The van der Waals surface area contributed by atoms with Crippen molar-refractivity contribution < 1.29 is 19.1 Å². The van der Waals surface area contributed by atoms with E-state index in [9.17, 15) is 9.59 Å². The number of aryl methyl sites for hydroxylation is 1. The highest BCUT2D eigenvalue weighted by molar-refractivity contribution is 5.95. The second-order valence-electron chi connectivity index (χ2n) is 14.7. The maximum Gasteiger partial charge on any atom is 0.230 e. The van der Waals surface area contributed by atoms with Crippen molar-refractivity contribution >= 4 is 17.5 Å². The Labute approximate surface area is 286 Å². The van der Waals surface area contributed by atoms with Gasteiger partial charge in [0, 0.05) is 61.1 Å². The van der Waals surface area contributed by atoms with E-state index < -0.39 is 0 Å². The van der Waals surface area contributed by atoms with Gasteiger partial charge in [-0.2, -0.15) is 5.10 Å². The van der Waals surface area contributed by atoms with Gasteiger partial charge in [-0.3, -0.25) is 14.3 Å². The zero-order chi connectivity index (χ0) is 33.6. The van der Waals surface area contributed by atoms with Crippen LogP contribution in [0.15, 0.2) is 54.9 Å². The van der Waals surface area contributed by atoms with Gasteiger partial charge in [-0.05, 0) is 132 Å². The number of carbonyl (C=O) groups is 2. The molecule has 48 heavy (non-hydrogen) atoms. The highest BCUT2D eigenvalue weighted by atomic mass is 16.5. The molecule has 2 heterocycles. The Balaban J connectivity index is 1.15. The second-order valence-corrected chi connectivity index (χ2v) is 14.7. The Kier molecular flexibility index (Phi) is 11.2. The fourth-order valence-corrected chi connectivity index (χ4v) is 8.02. The fourth-order valence-electron chi connectivity index (χ4n) is 8.02. The summed E-state index contributed by atoms with van der Waals surface area (Å²) in [5.41, 5.74) is 5.70. The molecule has 1 aliphatic heterocycles. The lowest BCUT2D eigenvalue weighted by atomic mass is 9.78. The molecule has 2 saturated carbocycles. The Morgan fingerprint density at radius 2 is 1.69 bits per heavy atom. The topological polar surface area (TPSA) is 85.7 Å². The molecular weight excluding hydrogens is 600 g/mol. The van der Waals surface area contributed by atoms with Gasteiger partial charge in [-0.15, -0.1) is 0 Å². The zero-order valence-electron chi connectivity index (χ0n) is 29.3. The molecule has 0 atom stereocenters. The molecule has 0 spiro atoms. The molecule has 0 radical (unpaired) electrons. The van der Waals surface area contributed by atoms with Gasteiger partial charge in [-0.1, -0.05) is 24.3 Å². The zero-order valence-corrected chi connectivity index (χ0v) is 29.3. The normalized spacial score (nSPS) is 23.5. The quantitative estimate of drug-likeness (QED) is 0.241. The summed E-state index contributed by atoms with van der Waals surface area (Å²) in [7, 11) is 1.73. The molecule has 8 nitrogen and oxygen atoms in total. The van der Waals surface area contributed by atoms with Crippen LogP contribution in [-0.2, 0) is 14.3 Å². The van der Waals surface area contributed by atoms with Crippen LogP contribution >= 0.6 is 0 Å². The molecule has 3 fully saturated rings. The van der Waals surface area contributed by atoms with Crippen molar-refractivity contribution in [3.05, 3.63) is 66.0 Å². The van der Waals surface area contributed by atoms with Gasteiger partial charge in [0.1, 0.15) is 5.75 Å². The first-order valence-electron chi connectivity index (χ1n) is 18.3. The summed E-state index contributed by atoms with van der Waals surface area (Å²) in [5, 5.41) is 7.87. The number of carbonyl (C=O) groups excluding carboxylic acids is 2. The van der Waals surface area contributed by atoms with Gasteiger partial charge < -0.3 is 19.7 Å². The van der Waals surface area contributed by atoms with Crippen LogP contribution in [0.25, 0.3) is 11.1 Å². The van der Waals surface area contributed by atoms with Crippen LogP contribution in [0.4, 0.5) is 5.69 Å². The van der Waals surface area contributed by atoms with Crippen molar-refractivity contribution in [3.63, 3.8) is 0 Å². The minimum atomic E-state index is -0.0350. The number of methoxy groups -OCH3 is 1. The maximum absolute atomic E-state index is 14.5. The number of hydrogen-bond donors (Lipinski definition) is 1. The average molecular weight is 655 g/mol. The molecule has 258 valence electrons. The first-order valence-corrected chi connectivity index (χ1v) is 18.3. The van der Waals surface area contributed by atoms with Gasteiger partial charge in [-0.25, -0.2) is 0 Å². The molecule has 3 aliphatic rings. The summed E-state index contributed by atoms with van der Waals surface area (Å²) in [6.45, 7) is 8.44. The number of ether oxygens (including phenoxy) is 2. The highest BCUT2D eigenvalue weighted by Gasteiger charge is 2.34. The number of anilines is 1. The molecule has 0 unspecified atom stereocenters. The summed E-state index contributed by atoms with van der Waals surface area (Å²) in [4.78, 5) is 29.5. The average Bonchev–Trinajstić information content (AvgIpc) is 3.63. The van der Waals surface area contributed by atoms with Gasteiger partial charge in [0.25, 0.3) is 0 Å². The molecule has 3 aromatic rings. The molecule has 8 heteroatoms. The number of nitrogens with one attached hydrogen (secondary N) is 1. The third-order valence-electron chi connectivity index (χ3n) is 11.1. The largest absolute Gasteiger partial charge is 0.496 e. The summed E-state index contributed by atoms with van der Waals surface area (Å²) < 4.78 is 12.9. The van der Waals surface area contributed by atoms with Crippen molar-refractivity contribution in [2.24, 2.45) is 17.8 Å². The first-order chi connectivity index (χ1) is 23.3.